The summed E-state index contributed by atoms with van der Waals surface area (Å²) in [5.74, 6) is -0.259. The van der Waals surface area contributed by atoms with Crippen LogP contribution in [-0.4, -0.2) is 36.5 Å². The number of hydrazine groups is 1. The lowest BCUT2D eigenvalue weighted by Gasteiger charge is -2.26. The van der Waals surface area contributed by atoms with Crippen LogP contribution in [0.15, 0.2) is 24.3 Å². The van der Waals surface area contributed by atoms with E-state index < -0.39 is 0 Å². The Kier molecular flexibility index (Phi) is 6.02. The van der Waals surface area contributed by atoms with Gasteiger partial charge in [-0.25, -0.2) is 5.01 Å². The van der Waals surface area contributed by atoms with Crippen LogP contribution in [0.2, 0.25) is 5.02 Å². The lowest BCUT2D eigenvalue weighted by atomic mass is 10.2. The van der Waals surface area contributed by atoms with Crippen LogP contribution in [0.3, 0.4) is 0 Å². The maximum Gasteiger partial charge on any atom is 0.251 e. The zero-order valence-electron chi connectivity index (χ0n) is 11.9. The third-order valence-corrected chi connectivity index (χ3v) is 3.63. The Morgan fingerprint density at radius 2 is 1.76 bits per heavy atom. The maximum absolute atomic E-state index is 11.8. The van der Waals surface area contributed by atoms with Gasteiger partial charge in [0.1, 0.15) is 0 Å². The summed E-state index contributed by atoms with van der Waals surface area (Å²) in [5.41, 5.74) is 3.40. The molecule has 0 radical (unpaired) electrons. The van der Waals surface area contributed by atoms with E-state index in [0.29, 0.717) is 17.1 Å². The number of carbonyl (C=O) groups excluding carboxylic acids is 2. The molecule has 0 unspecified atom stereocenters. The number of nitrogens with one attached hydrogen (secondary N) is 2. The summed E-state index contributed by atoms with van der Waals surface area (Å²) in [4.78, 5) is 23.6. The molecule has 0 atom stereocenters. The average Bonchev–Trinajstić information content (AvgIpc) is 2.49. The fourth-order valence-electron chi connectivity index (χ4n) is 2.23. The van der Waals surface area contributed by atoms with Gasteiger partial charge in [-0.05, 0) is 37.1 Å². The molecule has 1 aliphatic rings. The first-order valence-electron chi connectivity index (χ1n) is 7.23. The molecule has 2 N–H and O–H groups in total. The lowest BCUT2D eigenvalue weighted by molar-refractivity contribution is -0.126. The third kappa shape index (κ3) is 5.36. The SMILES string of the molecule is O=C(CCNC(=O)c1ccc(Cl)cc1)NN1CCCCC1. The lowest BCUT2D eigenvalue weighted by Crippen LogP contribution is -2.45. The van der Waals surface area contributed by atoms with Gasteiger partial charge in [0.2, 0.25) is 5.91 Å². The summed E-state index contributed by atoms with van der Waals surface area (Å²) in [6.45, 7) is 2.13. The highest BCUT2D eigenvalue weighted by molar-refractivity contribution is 6.30. The van der Waals surface area contributed by atoms with Crippen molar-refractivity contribution in [3.05, 3.63) is 34.9 Å². The predicted molar refractivity (Wildman–Crippen MR) is 82.0 cm³/mol. The molecular formula is C15H20ClN3O2. The van der Waals surface area contributed by atoms with Crippen molar-refractivity contribution in [3.63, 3.8) is 0 Å². The van der Waals surface area contributed by atoms with Gasteiger partial charge < -0.3 is 5.32 Å². The number of carbonyl (C=O) groups is 2. The van der Waals surface area contributed by atoms with Gasteiger partial charge in [0.15, 0.2) is 0 Å². The minimum Gasteiger partial charge on any atom is -0.352 e. The van der Waals surface area contributed by atoms with Crippen LogP contribution >= 0.6 is 11.6 Å². The van der Waals surface area contributed by atoms with Crippen molar-refractivity contribution in [2.45, 2.75) is 25.7 Å². The Morgan fingerprint density at radius 1 is 1.10 bits per heavy atom. The predicted octanol–water partition coefficient (Wildman–Crippen LogP) is 1.98. The van der Waals surface area contributed by atoms with Gasteiger partial charge in [-0.1, -0.05) is 18.0 Å². The summed E-state index contributed by atoms with van der Waals surface area (Å²) in [7, 11) is 0. The van der Waals surface area contributed by atoms with Crippen molar-refractivity contribution in [1.29, 1.82) is 0 Å². The van der Waals surface area contributed by atoms with Crippen molar-refractivity contribution in [2.24, 2.45) is 0 Å². The van der Waals surface area contributed by atoms with E-state index >= 15 is 0 Å². The van der Waals surface area contributed by atoms with E-state index in [9.17, 15) is 9.59 Å². The highest BCUT2D eigenvalue weighted by Crippen LogP contribution is 2.09. The number of hydrogen-bond donors (Lipinski definition) is 2. The first-order chi connectivity index (χ1) is 10.1. The standard InChI is InChI=1S/C15H20ClN3O2/c16-13-6-4-12(5-7-13)15(21)17-9-8-14(20)18-19-10-2-1-3-11-19/h4-7H,1-3,8-11H2,(H,17,21)(H,18,20). The second-order valence-corrected chi connectivity index (χ2v) is 5.53. The van der Waals surface area contributed by atoms with Crippen LogP contribution in [0.1, 0.15) is 36.0 Å². The van der Waals surface area contributed by atoms with Crippen LogP contribution < -0.4 is 10.7 Å². The van der Waals surface area contributed by atoms with Gasteiger partial charge in [0.05, 0.1) is 0 Å². The molecule has 1 heterocycles. The van der Waals surface area contributed by atoms with Gasteiger partial charge in [-0.2, -0.15) is 0 Å². The molecule has 0 bridgehead atoms. The van der Waals surface area contributed by atoms with Gasteiger partial charge in [0.25, 0.3) is 5.91 Å². The van der Waals surface area contributed by atoms with Gasteiger partial charge in [-0.3, -0.25) is 15.0 Å². The first kappa shape index (κ1) is 15.8. The van der Waals surface area contributed by atoms with Crippen LogP contribution in [0.25, 0.3) is 0 Å². The summed E-state index contributed by atoms with van der Waals surface area (Å²) in [6, 6.07) is 6.65. The molecule has 1 aliphatic heterocycles. The first-order valence-corrected chi connectivity index (χ1v) is 7.61. The Balaban J connectivity index is 1.67. The van der Waals surface area contributed by atoms with E-state index in [1.807, 2.05) is 5.01 Å². The van der Waals surface area contributed by atoms with Crippen molar-refractivity contribution in [3.8, 4) is 0 Å². The number of halogens is 1. The number of hydrogen-bond acceptors (Lipinski definition) is 3. The van der Waals surface area contributed by atoms with Crippen LogP contribution in [0, 0.1) is 0 Å². The van der Waals surface area contributed by atoms with E-state index in [4.69, 9.17) is 11.6 Å². The molecule has 5 nitrogen and oxygen atoms in total. The fourth-order valence-corrected chi connectivity index (χ4v) is 2.36. The zero-order chi connectivity index (χ0) is 15.1. The maximum atomic E-state index is 11.8. The van der Waals surface area contributed by atoms with Gasteiger partial charge in [0, 0.05) is 36.6 Å². The Morgan fingerprint density at radius 3 is 2.43 bits per heavy atom. The Labute approximate surface area is 129 Å². The highest BCUT2D eigenvalue weighted by atomic mass is 35.5. The van der Waals surface area contributed by atoms with E-state index in [-0.39, 0.29) is 18.2 Å². The summed E-state index contributed by atoms with van der Waals surface area (Å²) >= 11 is 5.77. The van der Waals surface area contributed by atoms with Crippen LogP contribution in [0.4, 0.5) is 0 Å². The Bertz CT molecular complexity index is 484. The smallest absolute Gasteiger partial charge is 0.251 e. The molecule has 2 rings (SSSR count). The normalized spacial score (nSPS) is 15.5. The van der Waals surface area contributed by atoms with Gasteiger partial charge in [-0.15, -0.1) is 0 Å². The molecule has 1 aromatic carbocycles. The topological polar surface area (TPSA) is 61.4 Å². The monoisotopic (exact) mass is 309 g/mol. The van der Waals surface area contributed by atoms with Crippen molar-refractivity contribution in [1.82, 2.24) is 15.8 Å². The largest absolute Gasteiger partial charge is 0.352 e. The van der Waals surface area contributed by atoms with E-state index in [1.54, 1.807) is 24.3 Å². The summed E-state index contributed by atoms with van der Waals surface area (Å²) in [5, 5.41) is 5.27. The molecule has 21 heavy (non-hydrogen) atoms. The van der Waals surface area contributed by atoms with E-state index in [0.717, 1.165) is 25.9 Å². The molecule has 0 aromatic heterocycles. The van der Waals surface area contributed by atoms with Crippen LogP contribution in [0.5, 0.6) is 0 Å². The molecule has 1 aromatic rings. The zero-order valence-corrected chi connectivity index (χ0v) is 12.7. The number of rotatable bonds is 5. The average molecular weight is 310 g/mol. The van der Waals surface area contributed by atoms with Crippen molar-refractivity contribution >= 4 is 23.4 Å². The number of benzene rings is 1. The number of nitrogens with zero attached hydrogens (tertiary/aromatic N) is 1. The Hall–Kier alpha value is -1.59. The second-order valence-electron chi connectivity index (χ2n) is 5.10. The van der Waals surface area contributed by atoms with Crippen LogP contribution in [-0.2, 0) is 4.79 Å². The quantitative estimate of drug-likeness (QED) is 0.874. The van der Waals surface area contributed by atoms with E-state index in [1.165, 1.54) is 6.42 Å². The third-order valence-electron chi connectivity index (χ3n) is 3.38. The van der Waals surface area contributed by atoms with Crippen molar-refractivity contribution < 1.29 is 9.59 Å². The fraction of sp³-hybridized carbons (Fsp3) is 0.467. The molecule has 0 saturated carbocycles. The van der Waals surface area contributed by atoms with E-state index in [2.05, 4.69) is 10.7 Å². The summed E-state index contributed by atoms with van der Waals surface area (Å²) in [6.07, 6.45) is 3.74. The number of amides is 2. The second kappa shape index (κ2) is 8.00. The molecule has 1 fully saturated rings. The van der Waals surface area contributed by atoms with Crippen molar-refractivity contribution in [2.75, 3.05) is 19.6 Å². The molecule has 114 valence electrons. The number of piperidine rings is 1. The minimum absolute atomic E-state index is 0.0618. The molecule has 2 amide bonds. The molecule has 0 aliphatic carbocycles. The molecule has 6 heteroatoms. The highest BCUT2D eigenvalue weighted by Gasteiger charge is 2.12. The van der Waals surface area contributed by atoms with Gasteiger partial charge >= 0.3 is 0 Å². The molecular weight excluding hydrogens is 290 g/mol. The minimum atomic E-state index is -0.197. The molecule has 0 spiro atoms. The molecule has 1 saturated heterocycles. The summed E-state index contributed by atoms with van der Waals surface area (Å²) < 4.78 is 0.